The Morgan fingerprint density at radius 1 is 1.20 bits per heavy atom. The van der Waals surface area contributed by atoms with Crippen molar-refractivity contribution in [1.29, 1.82) is 0 Å². The number of carbonyl (C=O) groups is 1. The molecule has 0 saturated carbocycles. The highest BCUT2D eigenvalue weighted by atomic mass is 19.4. The van der Waals surface area contributed by atoms with Crippen LogP contribution < -0.4 is 4.74 Å². The normalized spacial score (nSPS) is 16.9. The number of amides is 1. The van der Waals surface area contributed by atoms with E-state index in [1.54, 1.807) is 18.2 Å². The van der Waals surface area contributed by atoms with Crippen LogP contribution in [0, 0.1) is 0 Å². The van der Waals surface area contributed by atoms with Crippen molar-refractivity contribution >= 4 is 5.91 Å². The van der Waals surface area contributed by atoms with Gasteiger partial charge < -0.3 is 14.2 Å². The van der Waals surface area contributed by atoms with Gasteiger partial charge in [-0.1, -0.05) is 29.4 Å². The van der Waals surface area contributed by atoms with Crippen LogP contribution in [0.2, 0.25) is 0 Å². The largest absolute Gasteiger partial charge is 0.496 e. The topological polar surface area (TPSA) is 68.5 Å². The summed E-state index contributed by atoms with van der Waals surface area (Å²) in [5, 5.41) is 4.00. The van der Waals surface area contributed by atoms with Crippen molar-refractivity contribution in [3.05, 3.63) is 65.5 Å². The highest BCUT2D eigenvalue weighted by Gasteiger charge is 2.35. The van der Waals surface area contributed by atoms with Crippen LogP contribution in [0.1, 0.15) is 29.3 Å². The van der Waals surface area contributed by atoms with E-state index in [0.717, 1.165) is 12.1 Å². The fourth-order valence-electron chi connectivity index (χ4n) is 3.50. The lowest BCUT2D eigenvalue weighted by molar-refractivity contribution is -0.137. The number of aromatic nitrogens is 2. The number of hydrogen-bond donors (Lipinski definition) is 0. The number of carbonyl (C=O) groups excluding carboxylic acids is 1. The maximum Gasteiger partial charge on any atom is 0.416 e. The quantitative estimate of drug-likeness (QED) is 0.620. The Hall–Kier alpha value is -3.36. The van der Waals surface area contributed by atoms with Gasteiger partial charge in [-0.15, -0.1) is 0 Å². The lowest BCUT2D eigenvalue weighted by atomic mass is 10.1. The van der Waals surface area contributed by atoms with Gasteiger partial charge in [0.2, 0.25) is 5.91 Å². The molecule has 3 aromatic rings. The molecule has 0 N–H and O–H groups in total. The second-order valence-corrected chi connectivity index (χ2v) is 7.03. The van der Waals surface area contributed by atoms with Gasteiger partial charge in [-0.2, -0.15) is 18.2 Å². The molecule has 1 aliphatic rings. The van der Waals surface area contributed by atoms with E-state index in [-0.39, 0.29) is 30.7 Å². The number of hydrogen-bond acceptors (Lipinski definition) is 5. The predicted molar refractivity (Wildman–Crippen MR) is 101 cm³/mol. The highest BCUT2D eigenvalue weighted by molar-refractivity contribution is 5.79. The summed E-state index contributed by atoms with van der Waals surface area (Å²) < 4.78 is 49.4. The Labute approximate surface area is 170 Å². The molecule has 1 saturated heterocycles. The smallest absolute Gasteiger partial charge is 0.416 e. The molecule has 1 aromatic heterocycles. The lowest BCUT2D eigenvalue weighted by Crippen LogP contribution is -2.24. The van der Waals surface area contributed by atoms with Crippen LogP contribution in [0.15, 0.2) is 53.1 Å². The number of rotatable bonds is 5. The lowest BCUT2D eigenvalue weighted by Gasteiger charge is -2.17. The van der Waals surface area contributed by atoms with Crippen LogP contribution in [0.5, 0.6) is 5.75 Å². The van der Waals surface area contributed by atoms with Crippen LogP contribution in [0.3, 0.4) is 0 Å². The Kier molecular flexibility index (Phi) is 5.19. The molecule has 0 spiro atoms. The minimum Gasteiger partial charge on any atom is -0.496 e. The second kappa shape index (κ2) is 7.81. The summed E-state index contributed by atoms with van der Waals surface area (Å²) in [5.41, 5.74) is 0.327. The van der Waals surface area contributed by atoms with Crippen molar-refractivity contribution < 1.29 is 27.2 Å². The molecule has 0 bridgehead atoms. The van der Waals surface area contributed by atoms with Crippen LogP contribution in [0.4, 0.5) is 13.2 Å². The van der Waals surface area contributed by atoms with Crippen molar-refractivity contribution in [3.63, 3.8) is 0 Å². The van der Waals surface area contributed by atoms with E-state index in [4.69, 9.17) is 9.26 Å². The zero-order valence-electron chi connectivity index (χ0n) is 16.0. The Morgan fingerprint density at radius 2 is 2.00 bits per heavy atom. The molecule has 6 nitrogen and oxygen atoms in total. The van der Waals surface area contributed by atoms with Gasteiger partial charge in [-0.25, -0.2) is 0 Å². The standard InChI is InChI=1S/C21H18F3N3O3/c1-29-17-8-3-2-7-16(17)20-25-19(26-30-20)14-10-18(28)27(12-14)11-13-5-4-6-15(9-13)21(22,23)24/h2-9,14H,10-12H2,1H3. The van der Waals surface area contributed by atoms with E-state index in [1.165, 1.54) is 18.1 Å². The van der Waals surface area contributed by atoms with E-state index in [9.17, 15) is 18.0 Å². The fraction of sp³-hybridized carbons (Fsp3) is 0.286. The number of para-hydroxylation sites is 1. The number of nitrogens with zero attached hydrogens (tertiary/aromatic N) is 3. The summed E-state index contributed by atoms with van der Waals surface area (Å²) in [7, 11) is 1.54. The first kappa shape index (κ1) is 19.9. The summed E-state index contributed by atoms with van der Waals surface area (Å²) in [4.78, 5) is 18.3. The van der Waals surface area contributed by atoms with Gasteiger partial charge >= 0.3 is 6.18 Å². The number of alkyl halides is 3. The van der Waals surface area contributed by atoms with Gasteiger partial charge in [0.15, 0.2) is 5.82 Å². The van der Waals surface area contributed by atoms with Crippen molar-refractivity contribution in [1.82, 2.24) is 15.0 Å². The molecule has 2 aromatic carbocycles. The van der Waals surface area contributed by atoms with Crippen molar-refractivity contribution in [3.8, 4) is 17.2 Å². The molecule has 156 valence electrons. The Morgan fingerprint density at radius 3 is 2.77 bits per heavy atom. The van der Waals surface area contributed by atoms with E-state index < -0.39 is 11.7 Å². The van der Waals surface area contributed by atoms with Crippen molar-refractivity contribution in [2.45, 2.75) is 25.1 Å². The average molecular weight is 417 g/mol. The summed E-state index contributed by atoms with van der Waals surface area (Å²) in [6.07, 6.45) is -4.25. The van der Waals surface area contributed by atoms with Crippen molar-refractivity contribution in [2.75, 3.05) is 13.7 Å². The van der Waals surface area contributed by atoms with Gasteiger partial charge in [0.1, 0.15) is 5.75 Å². The molecule has 30 heavy (non-hydrogen) atoms. The molecule has 9 heteroatoms. The molecule has 1 aliphatic heterocycles. The third-order valence-corrected chi connectivity index (χ3v) is 4.99. The minimum atomic E-state index is -4.42. The van der Waals surface area contributed by atoms with Crippen LogP contribution >= 0.6 is 0 Å². The Balaban J connectivity index is 1.49. The van der Waals surface area contributed by atoms with Gasteiger partial charge in [-0.3, -0.25) is 4.79 Å². The van der Waals surface area contributed by atoms with Gasteiger partial charge in [-0.05, 0) is 29.8 Å². The maximum absolute atomic E-state index is 12.9. The van der Waals surface area contributed by atoms with Crippen LogP contribution in [-0.2, 0) is 17.5 Å². The molecule has 2 heterocycles. The SMILES string of the molecule is COc1ccccc1-c1nc(C2CC(=O)N(Cc3cccc(C(F)(F)F)c3)C2)no1. The van der Waals surface area contributed by atoms with E-state index >= 15 is 0 Å². The molecule has 1 fully saturated rings. The number of ether oxygens (including phenoxy) is 1. The molecule has 1 amide bonds. The molecule has 4 rings (SSSR count). The van der Waals surface area contributed by atoms with Gasteiger partial charge in [0.25, 0.3) is 5.89 Å². The van der Waals surface area contributed by atoms with Crippen LogP contribution in [-0.4, -0.2) is 34.6 Å². The summed E-state index contributed by atoms with van der Waals surface area (Å²) in [5.74, 6) is 0.792. The van der Waals surface area contributed by atoms with Crippen molar-refractivity contribution in [2.24, 2.45) is 0 Å². The first-order valence-corrected chi connectivity index (χ1v) is 9.26. The zero-order valence-corrected chi connectivity index (χ0v) is 16.0. The highest BCUT2D eigenvalue weighted by Crippen LogP contribution is 2.33. The number of halogens is 3. The second-order valence-electron chi connectivity index (χ2n) is 7.03. The number of likely N-dealkylation sites (tertiary alicyclic amines) is 1. The number of methoxy groups -OCH3 is 1. The van der Waals surface area contributed by atoms with Gasteiger partial charge in [0.05, 0.1) is 18.2 Å². The maximum atomic E-state index is 12.9. The average Bonchev–Trinajstić information content (AvgIpc) is 3.35. The zero-order chi connectivity index (χ0) is 21.3. The summed E-state index contributed by atoms with van der Waals surface area (Å²) >= 11 is 0. The molecule has 1 atom stereocenters. The molecular formula is C21H18F3N3O3. The first-order chi connectivity index (χ1) is 14.3. The van der Waals surface area contributed by atoms with E-state index in [2.05, 4.69) is 10.1 Å². The Bertz CT molecular complexity index is 1060. The molecule has 1 unspecified atom stereocenters. The first-order valence-electron chi connectivity index (χ1n) is 9.26. The van der Waals surface area contributed by atoms with E-state index in [0.29, 0.717) is 29.2 Å². The predicted octanol–water partition coefficient (Wildman–Crippen LogP) is 4.28. The third kappa shape index (κ3) is 4.00. The monoisotopic (exact) mass is 417 g/mol. The van der Waals surface area contributed by atoms with E-state index in [1.807, 2.05) is 12.1 Å². The number of benzene rings is 2. The minimum absolute atomic E-state index is 0.0937. The van der Waals surface area contributed by atoms with Crippen LogP contribution in [0.25, 0.3) is 11.5 Å². The summed E-state index contributed by atoms with van der Waals surface area (Å²) in [6.45, 7) is 0.399. The molecule has 0 radical (unpaired) electrons. The van der Waals surface area contributed by atoms with Gasteiger partial charge in [0, 0.05) is 25.4 Å². The third-order valence-electron chi connectivity index (χ3n) is 4.99. The summed E-state index contributed by atoms with van der Waals surface area (Å²) in [6, 6.07) is 12.2. The molecule has 0 aliphatic carbocycles. The fourth-order valence-corrected chi connectivity index (χ4v) is 3.50. The molecular weight excluding hydrogens is 399 g/mol.